The Bertz CT molecular complexity index is 781. The molecule has 0 atom stereocenters. The van der Waals surface area contributed by atoms with Crippen LogP contribution in [0.15, 0.2) is 30.3 Å². The Balaban J connectivity index is 2.57. The second kappa shape index (κ2) is 9.21. The van der Waals surface area contributed by atoms with E-state index < -0.39 is 12.1 Å². The van der Waals surface area contributed by atoms with Crippen molar-refractivity contribution < 1.29 is 23.8 Å². The van der Waals surface area contributed by atoms with Gasteiger partial charge in [-0.15, -0.1) is 5.10 Å². The molecule has 0 saturated carbocycles. The summed E-state index contributed by atoms with van der Waals surface area (Å²) in [6.07, 6.45) is -1.01. The minimum Gasteiger partial charge on any atom is -0.476 e. The fraction of sp³-hybridized carbons (Fsp3) is 0.450. The molecule has 1 aromatic heterocycles. The predicted octanol–water partition coefficient (Wildman–Crippen LogP) is 3.83. The van der Waals surface area contributed by atoms with Gasteiger partial charge >= 0.3 is 12.1 Å². The average Bonchev–Trinajstić information content (AvgIpc) is 2.93. The fourth-order valence-electron chi connectivity index (χ4n) is 2.50. The lowest BCUT2D eigenvalue weighted by Gasteiger charge is -2.12. The first-order valence-corrected chi connectivity index (χ1v) is 9.04. The first-order chi connectivity index (χ1) is 12.8. The summed E-state index contributed by atoms with van der Waals surface area (Å²) in [5.41, 5.74) is 1.44. The summed E-state index contributed by atoms with van der Waals surface area (Å²) in [6.45, 7) is 9.08. The van der Waals surface area contributed by atoms with Crippen molar-refractivity contribution in [2.24, 2.45) is 0 Å². The van der Waals surface area contributed by atoms with E-state index in [4.69, 9.17) is 14.2 Å². The molecule has 7 nitrogen and oxygen atoms in total. The van der Waals surface area contributed by atoms with Gasteiger partial charge in [-0.25, -0.2) is 9.59 Å². The number of nitrogens with zero attached hydrogens (tertiary/aromatic N) is 2. The quantitative estimate of drug-likeness (QED) is 0.685. The van der Waals surface area contributed by atoms with Crippen LogP contribution in [0.3, 0.4) is 0 Å². The maximum atomic E-state index is 12.7. The molecule has 2 rings (SSSR count). The smallest absolute Gasteiger partial charge is 0.435 e. The van der Waals surface area contributed by atoms with Gasteiger partial charge in [-0.1, -0.05) is 30.3 Å². The number of carbonyl (C=O) groups excluding carboxylic acids is 2. The Labute approximate surface area is 159 Å². The highest BCUT2D eigenvalue weighted by Gasteiger charge is 2.30. The van der Waals surface area contributed by atoms with E-state index in [0.717, 1.165) is 10.2 Å². The molecule has 0 saturated heterocycles. The van der Waals surface area contributed by atoms with E-state index in [1.165, 1.54) is 0 Å². The fourth-order valence-corrected chi connectivity index (χ4v) is 2.50. The van der Waals surface area contributed by atoms with Crippen LogP contribution < -0.4 is 4.74 Å². The van der Waals surface area contributed by atoms with Gasteiger partial charge in [-0.05, 0) is 40.2 Å². The van der Waals surface area contributed by atoms with Crippen LogP contribution >= 0.6 is 0 Å². The van der Waals surface area contributed by atoms with Crippen molar-refractivity contribution in [3.05, 3.63) is 47.2 Å². The summed E-state index contributed by atoms with van der Waals surface area (Å²) in [4.78, 5) is 25.3. The molecule has 1 aromatic carbocycles. The summed E-state index contributed by atoms with van der Waals surface area (Å²) < 4.78 is 17.2. The van der Waals surface area contributed by atoms with Gasteiger partial charge in [0, 0.05) is 6.42 Å². The zero-order valence-electron chi connectivity index (χ0n) is 16.4. The number of hydrogen-bond acceptors (Lipinski definition) is 6. The van der Waals surface area contributed by atoms with Crippen LogP contribution in [0.1, 0.15) is 56.2 Å². The second-order valence-corrected chi connectivity index (χ2v) is 6.52. The first-order valence-electron chi connectivity index (χ1n) is 9.04. The van der Waals surface area contributed by atoms with E-state index in [0.29, 0.717) is 18.7 Å². The lowest BCUT2D eigenvalue weighted by atomic mass is 10.1. The van der Waals surface area contributed by atoms with Gasteiger partial charge in [0.15, 0.2) is 0 Å². The van der Waals surface area contributed by atoms with E-state index in [1.54, 1.807) is 34.6 Å². The molecule has 0 N–H and O–H groups in total. The van der Waals surface area contributed by atoms with Gasteiger partial charge in [-0.2, -0.15) is 4.68 Å². The van der Waals surface area contributed by atoms with Crippen molar-refractivity contribution in [1.82, 2.24) is 9.78 Å². The third-order valence-corrected chi connectivity index (χ3v) is 3.50. The maximum Gasteiger partial charge on any atom is 0.435 e. The highest BCUT2D eigenvalue weighted by molar-refractivity contribution is 5.94. The Morgan fingerprint density at radius 1 is 1.04 bits per heavy atom. The van der Waals surface area contributed by atoms with Gasteiger partial charge in [-0.3, -0.25) is 0 Å². The molecular weight excluding hydrogens is 348 g/mol. The normalized spacial score (nSPS) is 10.9. The second-order valence-electron chi connectivity index (χ2n) is 6.52. The van der Waals surface area contributed by atoms with Crippen molar-refractivity contribution in [2.75, 3.05) is 6.61 Å². The van der Waals surface area contributed by atoms with Crippen LogP contribution in [0.2, 0.25) is 0 Å². The number of esters is 1. The molecule has 0 radical (unpaired) electrons. The lowest BCUT2D eigenvalue weighted by Crippen LogP contribution is -2.22. The minimum atomic E-state index is -0.666. The summed E-state index contributed by atoms with van der Waals surface area (Å²) in [5, 5.41) is 4.20. The molecule has 0 bridgehead atoms. The van der Waals surface area contributed by atoms with Crippen LogP contribution in [0.5, 0.6) is 5.88 Å². The third kappa shape index (κ3) is 5.32. The van der Waals surface area contributed by atoms with Gasteiger partial charge in [0.2, 0.25) is 5.88 Å². The molecule has 7 heteroatoms. The highest BCUT2D eigenvalue weighted by atomic mass is 16.6. The Morgan fingerprint density at radius 2 is 1.67 bits per heavy atom. The summed E-state index contributed by atoms with van der Waals surface area (Å²) in [7, 11) is 0. The van der Waals surface area contributed by atoms with Crippen molar-refractivity contribution in [1.29, 1.82) is 0 Å². The van der Waals surface area contributed by atoms with E-state index in [-0.39, 0.29) is 23.7 Å². The van der Waals surface area contributed by atoms with Crippen LogP contribution in [0, 0.1) is 0 Å². The van der Waals surface area contributed by atoms with Crippen molar-refractivity contribution in [3.8, 4) is 5.88 Å². The molecule has 0 fully saturated rings. The molecule has 0 aliphatic carbocycles. The van der Waals surface area contributed by atoms with Gasteiger partial charge in [0.25, 0.3) is 0 Å². The molecule has 0 aliphatic rings. The van der Waals surface area contributed by atoms with E-state index >= 15 is 0 Å². The van der Waals surface area contributed by atoms with E-state index in [2.05, 4.69) is 5.10 Å². The SMILES string of the molecule is CCOc1nn(C(=O)OC(C)C)c(Cc2ccccc2)c1C(=O)OC(C)C. The standard InChI is InChI=1S/C20H26N2O5/c1-6-25-18-17(19(23)26-13(2)3)16(12-15-10-8-7-9-11-15)22(21-18)20(24)27-14(4)5/h7-11,13-14H,6,12H2,1-5H3. The zero-order valence-corrected chi connectivity index (χ0v) is 16.4. The van der Waals surface area contributed by atoms with Gasteiger partial charge < -0.3 is 14.2 Å². The number of aromatic nitrogens is 2. The number of hydrogen-bond donors (Lipinski definition) is 0. The predicted molar refractivity (Wildman–Crippen MR) is 100 cm³/mol. The van der Waals surface area contributed by atoms with Crippen molar-refractivity contribution in [2.45, 2.75) is 53.2 Å². The molecule has 0 unspecified atom stereocenters. The van der Waals surface area contributed by atoms with E-state index in [1.807, 2.05) is 30.3 Å². The Morgan fingerprint density at radius 3 is 2.22 bits per heavy atom. The van der Waals surface area contributed by atoms with Gasteiger partial charge in [0.1, 0.15) is 5.56 Å². The van der Waals surface area contributed by atoms with E-state index in [9.17, 15) is 9.59 Å². The molecular formula is C20H26N2O5. The van der Waals surface area contributed by atoms with Crippen LogP contribution in [0.4, 0.5) is 4.79 Å². The lowest BCUT2D eigenvalue weighted by molar-refractivity contribution is 0.0372. The molecule has 2 aromatic rings. The molecule has 146 valence electrons. The number of rotatable bonds is 7. The van der Waals surface area contributed by atoms with Crippen LogP contribution in [-0.2, 0) is 15.9 Å². The topological polar surface area (TPSA) is 79.7 Å². The minimum absolute atomic E-state index is 0.0646. The van der Waals surface area contributed by atoms with Gasteiger partial charge in [0.05, 0.1) is 24.5 Å². The molecule has 0 spiro atoms. The van der Waals surface area contributed by atoms with Crippen molar-refractivity contribution >= 4 is 12.1 Å². The molecule has 1 heterocycles. The molecule has 0 aliphatic heterocycles. The monoisotopic (exact) mass is 374 g/mol. The van der Waals surface area contributed by atoms with Crippen LogP contribution in [-0.4, -0.2) is 40.7 Å². The average molecular weight is 374 g/mol. The zero-order chi connectivity index (χ0) is 20.0. The van der Waals surface area contributed by atoms with Crippen molar-refractivity contribution in [3.63, 3.8) is 0 Å². The maximum absolute atomic E-state index is 12.7. The number of carbonyl (C=O) groups is 2. The first kappa shape index (κ1) is 20.5. The van der Waals surface area contributed by atoms with Crippen LogP contribution in [0.25, 0.3) is 0 Å². The largest absolute Gasteiger partial charge is 0.476 e. The number of ether oxygens (including phenoxy) is 3. The number of benzene rings is 1. The third-order valence-electron chi connectivity index (χ3n) is 3.50. The summed E-state index contributed by atoms with van der Waals surface area (Å²) >= 11 is 0. The molecule has 27 heavy (non-hydrogen) atoms. The summed E-state index contributed by atoms with van der Waals surface area (Å²) in [6, 6.07) is 9.48. The molecule has 0 amide bonds. The Hall–Kier alpha value is -2.83. The highest BCUT2D eigenvalue weighted by Crippen LogP contribution is 2.26. The Kier molecular flexibility index (Phi) is 6.98. The summed E-state index contributed by atoms with van der Waals surface area (Å²) in [5.74, 6) is -0.516.